The fourth-order valence-corrected chi connectivity index (χ4v) is 0.793. The van der Waals surface area contributed by atoms with E-state index in [4.69, 9.17) is 5.11 Å². The van der Waals surface area contributed by atoms with Crippen LogP contribution in [0.1, 0.15) is 6.92 Å². The molecule has 0 spiro atoms. The molecule has 0 amide bonds. The highest BCUT2D eigenvalue weighted by Crippen LogP contribution is 1.98. The minimum absolute atomic E-state index is 0.250. The highest BCUT2D eigenvalue weighted by molar-refractivity contribution is 7.79. The lowest BCUT2D eigenvalue weighted by Gasteiger charge is -2.01. The number of aliphatic hydroxyl groups is 1. The van der Waals surface area contributed by atoms with E-state index < -0.39 is 11.1 Å². The molecule has 0 radical (unpaired) electrons. The lowest BCUT2D eigenvalue weighted by atomic mass is 10.5. The van der Waals surface area contributed by atoms with Crippen LogP contribution in [0.15, 0.2) is 29.4 Å². The van der Waals surface area contributed by atoms with E-state index in [2.05, 4.69) is 4.98 Å². The van der Waals surface area contributed by atoms with Gasteiger partial charge in [-0.05, 0) is 30.1 Å². The lowest BCUT2D eigenvalue weighted by molar-refractivity contribution is 0.318. The Morgan fingerprint density at radius 1 is 1.58 bits per heavy atom. The van der Waals surface area contributed by atoms with Gasteiger partial charge in [0.2, 0.25) is 0 Å². The molecule has 0 aliphatic rings. The van der Waals surface area contributed by atoms with Gasteiger partial charge in [0.1, 0.15) is 0 Å². The van der Waals surface area contributed by atoms with Crippen LogP contribution in [0.4, 0.5) is 0 Å². The van der Waals surface area contributed by atoms with Gasteiger partial charge in [0, 0.05) is 23.9 Å². The van der Waals surface area contributed by atoms with Crippen LogP contribution in [0.2, 0.25) is 0 Å². The fourth-order valence-electron chi connectivity index (χ4n) is 0.449. The second-order valence-corrected chi connectivity index (χ2v) is 2.67. The third-order valence-electron chi connectivity index (χ3n) is 0.842. The standard InChI is InChI=1S/C5H5NO2S.C2H6O/c7-9(8)5-1-3-6-4-2-5;1-2-3/h1-4H,(H,7,8);3H,2H2,1H3/p-1. The molecule has 1 heterocycles. The van der Waals surface area contributed by atoms with Crippen LogP contribution in [0, 0.1) is 0 Å². The second kappa shape index (κ2) is 6.90. The van der Waals surface area contributed by atoms with Crippen molar-refractivity contribution in [2.45, 2.75) is 11.8 Å². The number of nitrogens with zero attached hydrogens (tertiary/aromatic N) is 1. The highest BCUT2D eigenvalue weighted by atomic mass is 32.2. The number of hydrogen-bond acceptors (Lipinski definition) is 4. The van der Waals surface area contributed by atoms with Gasteiger partial charge < -0.3 is 9.66 Å². The quantitative estimate of drug-likeness (QED) is 0.644. The van der Waals surface area contributed by atoms with E-state index in [1.54, 1.807) is 6.92 Å². The average molecular weight is 188 g/mol. The van der Waals surface area contributed by atoms with Crippen LogP contribution in [0.5, 0.6) is 0 Å². The fraction of sp³-hybridized carbons (Fsp3) is 0.286. The molecule has 0 saturated heterocycles. The van der Waals surface area contributed by atoms with Gasteiger partial charge in [-0.3, -0.25) is 9.19 Å². The Morgan fingerprint density at radius 3 is 2.25 bits per heavy atom. The van der Waals surface area contributed by atoms with Crippen molar-refractivity contribution in [2.75, 3.05) is 6.61 Å². The third-order valence-corrected chi connectivity index (χ3v) is 1.50. The Kier molecular flexibility index (Phi) is 6.45. The van der Waals surface area contributed by atoms with Gasteiger partial charge in [0.15, 0.2) is 0 Å². The molecule has 4 nitrogen and oxygen atoms in total. The van der Waals surface area contributed by atoms with Gasteiger partial charge in [-0.15, -0.1) is 0 Å². The zero-order valence-corrected chi connectivity index (χ0v) is 7.45. The molecule has 0 fully saturated rings. The minimum Gasteiger partial charge on any atom is -0.768 e. The Morgan fingerprint density at radius 2 is 2.00 bits per heavy atom. The molecule has 5 heteroatoms. The molecular formula is C7H10NO3S-. The summed E-state index contributed by atoms with van der Waals surface area (Å²) < 4.78 is 20.3. The number of hydrogen-bond donors (Lipinski definition) is 1. The SMILES string of the molecule is CCO.O=S([O-])c1ccncc1. The molecule has 1 atom stereocenters. The summed E-state index contributed by atoms with van der Waals surface area (Å²) in [4.78, 5) is 3.92. The minimum atomic E-state index is -2.12. The van der Waals surface area contributed by atoms with Crippen LogP contribution < -0.4 is 0 Å². The predicted octanol–water partition coefficient (Wildman–Crippen LogP) is 0.318. The van der Waals surface area contributed by atoms with Gasteiger partial charge in [-0.1, -0.05) is 0 Å². The first-order valence-electron chi connectivity index (χ1n) is 3.32. The predicted molar refractivity (Wildman–Crippen MR) is 44.2 cm³/mol. The van der Waals surface area contributed by atoms with Crippen molar-refractivity contribution in [1.82, 2.24) is 4.98 Å². The highest BCUT2D eigenvalue weighted by Gasteiger charge is 1.85. The second-order valence-electron chi connectivity index (χ2n) is 1.73. The molecule has 0 aromatic carbocycles. The van der Waals surface area contributed by atoms with Gasteiger partial charge in [-0.25, -0.2) is 0 Å². The van der Waals surface area contributed by atoms with Crippen molar-refractivity contribution in [3.05, 3.63) is 24.5 Å². The van der Waals surface area contributed by atoms with Crippen LogP contribution in [0.25, 0.3) is 0 Å². The topological polar surface area (TPSA) is 73.2 Å². The van der Waals surface area contributed by atoms with Crippen molar-refractivity contribution in [3.63, 3.8) is 0 Å². The summed E-state index contributed by atoms with van der Waals surface area (Å²) in [5.41, 5.74) is 0. The van der Waals surface area contributed by atoms with E-state index >= 15 is 0 Å². The molecule has 1 aromatic rings. The summed E-state index contributed by atoms with van der Waals surface area (Å²) in [7, 11) is 0. The Hall–Kier alpha value is -0.780. The first kappa shape index (κ1) is 11.2. The number of aliphatic hydroxyl groups excluding tert-OH is 1. The molecule has 0 saturated carbocycles. The molecule has 68 valence electrons. The Bertz CT molecular complexity index is 227. The molecule has 12 heavy (non-hydrogen) atoms. The van der Waals surface area contributed by atoms with Gasteiger partial charge in [-0.2, -0.15) is 0 Å². The summed E-state index contributed by atoms with van der Waals surface area (Å²) in [5, 5.41) is 7.57. The van der Waals surface area contributed by atoms with Crippen molar-refractivity contribution in [1.29, 1.82) is 0 Å². The van der Waals surface area contributed by atoms with Crippen LogP contribution in [-0.2, 0) is 11.1 Å². The van der Waals surface area contributed by atoms with Crippen LogP contribution in [0.3, 0.4) is 0 Å². The van der Waals surface area contributed by atoms with Gasteiger partial charge in [0.05, 0.1) is 0 Å². The van der Waals surface area contributed by atoms with Gasteiger partial charge in [0.25, 0.3) is 0 Å². The number of pyridine rings is 1. The number of rotatable bonds is 1. The summed E-state index contributed by atoms with van der Waals surface area (Å²) in [6.45, 7) is 1.93. The summed E-state index contributed by atoms with van der Waals surface area (Å²) in [5.74, 6) is 0. The molecule has 1 aromatic heterocycles. The van der Waals surface area contributed by atoms with E-state index in [1.807, 2.05) is 0 Å². The molecular weight excluding hydrogens is 178 g/mol. The average Bonchev–Trinajstić information content (AvgIpc) is 2.07. The Balaban J connectivity index is 0.000000354. The first-order valence-corrected chi connectivity index (χ1v) is 4.40. The van der Waals surface area contributed by atoms with E-state index in [1.165, 1.54) is 24.5 Å². The van der Waals surface area contributed by atoms with E-state index in [0.717, 1.165) is 0 Å². The Labute approximate surface area is 73.6 Å². The molecule has 0 aliphatic carbocycles. The third kappa shape index (κ3) is 4.95. The normalized spacial score (nSPS) is 11.2. The van der Waals surface area contributed by atoms with Crippen LogP contribution >= 0.6 is 0 Å². The summed E-state index contributed by atoms with van der Waals surface area (Å²) in [6.07, 6.45) is 2.87. The number of aromatic nitrogens is 1. The summed E-state index contributed by atoms with van der Waals surface area (Å²) in [6, 6.07) is 2.87. The van der Waals surface area contributed by atoms with Crippen molar-refractivity contribution >= 4 is 11.1 Å². The smallest absolute Gasteiger partial charge is 0.0402 e. The maximum atomic E-state index is 10.2. The summed E-state index contributed by atoms with van der Waals surface area (Å²) >= 11 is -2.12. The molecule has 0 aliphatic heterocycles. The van der Waals surface area contributed by atoms with Crippen molar-refractivity contribution in [2.24, 2.45) is 0 Å². The maximum absolute atomic E-state index is 10.2. The van der Waals surface area contributed by atoms with Gasteiger partial charge >= 0.3 is 0 Å². The zero-order chi connectivity index (χ0) is 9.40. The first-order chi connectivity index (χ1) is 5.72. The molecule has 1 N–H and O–H groups in total. The maximum Gasteiger partial charge on any atom is 0.0402 e. The molecule has 1 rings (SSSR count). The largest absolute Gasteiger partial charge is 0.768 e. The van der Waals surface area contributed by atoms with Crippen molar-refractivity contribution in [3.8, 4) is 0 Å². The van der Waals surface area contributed by atoms with E-state index in [-0.39, 0.29) is 11.5 Å². The monoisotopic (exact) mass is 188 g/mol. The van der Waals surface area contributed by atoms with Crippen molar-refractivity contribution < 1.29 is 13.9 Å². The van der Waals surface area contributed by atoms with E-state index in [0.29, 0.717) is 0 Å². The lowest BCUT2D eigenvalue weighted by Crippen LogP contribution is -1.86. The molecule has 1 unspecified atom stereocenters. The van der Waals surface area contributed by atoms with Crippen LogP contribution in [-0.4, -0.2) is 25.5 Å². The molecule has 0 bridgehead atoms. The zero-order valence-electron chi connectivity index (χ0n) is 6.64. The van der Waals surface area contributed by atoms with E-state index in [9.17, 15) is 8.76 Å².